The summed E-state index contributed by atoms with van der Waals surface area (Å²) in [6, 6.07) is 3.17. The monoisotopic (exact) mass is 188 g/mol. The minimum absolute atomic E-state index is 0.0237. The van der Waals surface area contributed by atoms with Gasteiger partial charge < -0.3 is 9.84 Å². The highest BCUT2D eigenvalue weighted by molar-refractivity contribution is 5.17. The molecule has 13 heavy (non-hydrogen) atoms. The zero-order valence-corrected chi connectivity index (χ0v) is 6.96. The average Bonchev–Trinajstić information content (AvgIpc) is 2.11. The molecule has 1 aromatic carbocycles. The summed E-state index contributed by atoms with van der Waals surface area (Å²) in [4.78, 5) is 0. The predicted molar refractivity (Wildman–Crippen MR) is 43.1 cm³/mol. The number of rotatable bonds is 4. The van der Waals surface area contributed by atoms with Crippen molar-refractivity contribution in [1.29, 1.82) is 0 Å². The van der Waals surface area contributed by atoms with E-state index in [1.807, 2.05) is 0 Å². The zero-order valence-electron chi connectivity index (χ0n) is 6.96. The lowest BCUT2D eigenvalue weighted by atomic mass is 10.2. The molecule has 0 atom stereocenters. The van der Waals surface area contributed by atoms with Gasteiger partial charge in [-0.3, -0.25) is 0 Å². The Morgan fingerprint density at radius 2 is 2.08 bits per heavy atom. The van der Waals surface area contributed by atoms with Crippen molar-refractivity contribution >= 4 is 0 Å². The molecule has 0 bridgehead atoms. The molecule has 4 heteroatoms. The van der Waals surface area contributed by atoms with E-state index in [1.54, 1.807) is 0 Å². The molecule has 2 nitrogen and oxygen atoms in total. The second-order valence-electron chi connectivity index (χ2n) is 2.51. The summed E-state index contributed by atoms with van der Waals surface area (Å²) in [5, 5.41) is 8.38. The van der Waals surface area contributed by atoms with Gasteiger partial charge >= 0.3 is 0 Å². The summed E-state index contributed by atoms with van der Waals surface area (Å²) < 4.78 is 30.3. The number of aliphatic hydroxyl groups is 1. The summed E-state index contributed by atoms with van der Waals surface area (Å²) in [5.74, 6) is -0.997. The van der Waals surface area contributed by atoms with Crippen molar-refractivity contribution in [2.45, 2.75) is 6.61 Å². The SMILES string of the molecule is OCCOCc1cc(F)ccc1F. The van der Waals surface area contributed by atoms with Crippen LogP contribution in [0.2, 0.25) is 0 Å². The molecule has 1 aromatic rings. The van der Waals surface area contributed by atoms with E-state index >= 15 is 0 Å². The summed E-state index contributed by atoms with van der Waals surface area (Å²) in [7, 11) is 0. The van der Waals surface area contributed by atoms with Crippen molar-refractivity contribution < 1.29 is 18.6 Å². The zero-order chi connectivity index (χ0) is 9.68. The first-order valence-electron chi connectivity index (χ1n) is 3.86. The van der Waals surface area contributed by atoms with Crippen LogP contribution in [0.1, 0.15) is 5.56 Å². The van der Waals surface area contributed by atoms with Crippen LogP contribution in [-0.4, -0.2) is 18.3 Å². The van der Waals surface area contributed by atoms with Crippen molar-refractivity contribution in [3.8, 4) is 0 Å². The second-order valence-corrected chi connectivity index (χ2v) is 2.51. The van der Waals surface area contributed by atoms with Crippen molar-refractivity contribution in [2.24, 2.45) is 0 Å². The van der Waals surface area contributed by atoms with Crippen molar-refractivity contribution in [2.75, 3.05) is 13.2 Å². The fourth-order valence-electron chi connectivity index (χ4n) is 0.901. The highest BCUT2D eigenvalue weighted by Gasteiger charge is 2.02. The Morgan fingerprint density at radius 1 is 1.31 bits per heavy atom. The van der Waals surface area contributed by atoms with Gasteiger partial charge in [0, 0.05) is 5.56 Å². The predicted octanol–water partition coefficient (Wildman–Crippen LogP) is 1.47. The van der Waals surface area contributed by atoms with Crippen molar-refractivity contribution in [3.63, 3.8) is 0 Å². The molecule has 1 N–H and O–H groups in total. The number of ether oxygens (including phenoxy) is 1. The highest BCUT2D eigenvalue weighted by atomic mass is 19.1. The van der Waals surface area contributed by atoms with Gasteiger partial charge in [0.15, 0.2) is 0 Å². The van der Waals surface area contributed by atoms with Gasteiger partial charge in [0.2, 0.25) is 0 Å². The Bertz CT molecular complexity index is 276. The Labute approximate surface area is 74.8 Å². The van der Waals surface area contributed by atoms with Crippen LogP contribution in [0.4, 0.5) is 8.78 Å². The molecule has 0 amide bonds. The first-order valence-corrected chi connectivity index (χ1v) is 3.86. The molecule has 0 heterocycles. The van der Waals surface area contributed by atoms with Crippen LogP contribution in [0.3, 0.4) is 0 Å². The lowest BCUT2D eigenvalue weighted by Crippen LogP contribution is -2.01. The largest absolute Gasteiger partial charge is 0.394 e. The molecular weight excluding hydrogens is 178 g/mol. The molecular formula is C9H10F2O2. The summed E-state index contributed by atoms with van der Waals surface area (Å²) in [6.45, 7) is -0.0307. The summed E-state index contributed by atoms with van der Waals surface area (Å²) in [6.07, 6.45) is 0. The van der Waals surface area contributed by atoms with E-state index in [2.05, 4.69) is 0 Å². The van der Waals surface area contributed by atoms with Crippen LogP contribution < -0.4 is 0 Å². The maximum Gasteiger partial charge on any atom is 0.128 e. The molecule has 72 valence electrons. The first kappa shape index (κ1) is 10.1. The van der Waals surface area contributed by atoms with Gasteiger partial charge in [-0.25, -0.2) is 8.78 Å². The highest BCUT2D eigenvalue weighted by Crippen LogP contribution is 2.10. The van der Waals surface area contributed by atoms with Gasteiger partial charge in [-0.1, -0.05) is 0 Å². The lowest BCUT2D eigenvalue weighted by molar-refractivity contribution is 0.0798. The minimum atomic E-state index is -0.501. The molecule has 0 fully saturated rings. The van der Waals surface area contributed by atoms with Gasteiger partial charge in [0.1, 0.15) is 11.6 Å². The average molecular weight is 188 g/mol. The Hall–Kier alpha value is -1.00. The third-order valence-electron chi connectivity index (χ3n) is 1.50. The molecule has 0 saturated carbocycles. The van der Waals surface area contributed by atoms with E-state index in [-0.39, 0.29) is 25.4 Å². The van der Waals surface area contributed by atoms with Gasteiger partial charge in [-0.15, -0.1) is 0 Å². The number of hydrogen-bond acceptors (Lipinski definition) is 2. The van der Waals surface area contributed by atoms with Crippen LogP contribution in [0.25, 0.3) is 0 Å². The van der Waals surface area contributed by atoms with E-state index < -0.39 is 11.6 Å². The quantitative estimate of drug-likeness (QED) is 0.725. The number of hydrogen-bond donors (Lipinski definition) is 1. The van der Waals surface area contributed by atoms with Crippen molar-refractivity contribution in [1.82, 2.24) is 0 Å². The molecule has 0 aromatic heterocycles. The molecule has 0 unspecified atom stereocenters. The van der Waals surface area contributed by atoms with Gasteiger partial charge in [-0.05, 0) is 18.2 Å². The molecule has 0 radical (unpaired) electrons. The summed E-state index contributed by atoms with van der Waals surface area (Å²) >= 11 is 0. The van der Waals surface area contributed by atoms with E-state index in [9.17, 15) is 8.78 Å². The van der Waals surface area contributed by atoms with Crippen LogP contribution in [0.5, 0.6) is 0 Å². The number of aliphatic hydroxyl groups excluding tert-OH is 1. The van der Waals surface area contributed by atoms with Crippen LogP contribution >= 0.6 is 0 Å². The fraction of sp³-hybridized carbons (Fsp3) is 0.333. The smallest absolute Gasteiger partial charge is 0.128 e. The van der Waals surface area contributed by atoms with E-state index in [0.29, 0.717) is 0 Å². The third kappa shape index (κ3) is 3.08. The fourth-order valence-corrected chi connectivity index (χ4v) is 0.901. The van der Waals surface area contributed by atoms with Gasteiger partial charge in [0.25, 0.3) is 0 Å². The first-order chi connectivity index (χ1) is 6.24. The number of benzene rings is 1. The number of halogens is 2. The van der Waals surface area contributed by atoms with E-state index in [1.165, 1.54) is 0 Å². The van der Waals surface area contributed by atoms with Crippen LogP contribution in [0.15, 0.2) is 18.2 Å². The molecule has 1 rings (SSSR count). The Morgan fingerprint density at radius 3 is 2.77 bits per heavy atom. The van der Waals surface area contributed by atoms with Gasteiger partial charge in [-0.2, -0.15) is 0 Å². The Balaban J connectivity index is 2.59. The third-order valence-corrected chi connectivity index (χ3v) is 1.50. The topological polar surface area (TPSA) is 29.5 Å². The molecule has 0 aliphatic carbocycles. The van der Waals surface area contributed by atoms with E-state index in [0.717, 1.165) is 18.2 Å². The van der Waals surface area contributed by atoms with Crippen LogP contribution in [0, 0.1) is 11.6 Å². The second kappa shape index (κ2) is 4.89. The molecule has 0 aliphatic rings. The van der Waals surface area contributed by atoms with Crippen molar-refractivity contribution in [3.05, 3.63) is 35.4 Å². The van der Waals surface area contributed by atoms with Gasteiger partial charge in [0.05, 0.1) is 19.8 Å². The van der Waals surface area contributed by atoms with Crippen LogP contribution in [-0.2, 0) is 11.3 Å². The Kier molecular flexibility index (Phi) is 3.79. The maximum absolute atomic E-state index is 12.9. The standard InChI is InChI=1S/C9H10F2O2/c10-8-1-2-9(11)7(5-8)6-13-4-3-12/h1-2,5,12H,3-4,6H2. The molecule has 0 spiro atoms. The summed E-state index contributed by atoms with van der Waals surface area (Å²) in [5.41, 5.74) is 0.161. The normalized spacial score (nSPS) is 10.4. The van der Waals surface area contributed by atoms with E-state index in [4.69, 9.17) is 9.84 Å². The maximum atomic E-state index is 12.9. The molecule has 0 aliphatic heterocycles. The minimum Gasteiger partial charge on any atom is -0.394 e. The lowest BCUT2D eigenvalue weighted by Gasteiger charge is -2.03. The molecule has 0 saturated heterocycles.